The Labute approximate surface area is 133 Å². The van der Waals surface area contributed by atoms with Crippen molar-refractivity contribution >= 4 is 6.01 Å². The number of hydrogen-bond acceptors (Lipinski definition) is 8. The first kappa shape index (κ1) is 14.4. The van der Waals surface area contributed by atoms with Gasteiger partial charge in [0.1, 0.15) is 18.1 Å². The van der Waals surface area contributed by atoms with Crippen molar-refractivity contribution in [1.29, 1.82) is 0 Å². The molecule has 0 N–H and O–H groups in total. The molecule has 0 amide bonds. The van der Waals surface area contributed by atoms with Gasteiger partial charge < -0.3 is 23.5 Å². The standard InChI is InChI=1S/C15H18N4O4/c1-10-21-13(22-10)12-9-20-15(18-12)19-7-3-11(4-8-19)23-14-16-5-2-6-17-14/h2,5-6,9-11,13H,3-4,7-8H2,1H3. The van der Waals surface area contributed by atoms with E-state index >= 15 is 0 Å². The van der Waals surface area contributed by atoms with Gasteiger partial charge in [-0.25, -0.2) is 9.97 Å². The number of nitrogens with zero attached hydrogens (tertiary/aromatic N) is 4. The second-order valence-corrected chi connectivity index (χ2v) is 5.56. The Morgan fingerprint density at radius 3 is 2.61 bits per heavy atom. The Balaban J connectivity index is 1.31. The van der Waals surface area contributed by atoms with Crippen LogP contribution in [0.15, 0.2) is 29.1 Å². The Kier molecular flexibility index (Phi) is 3.84. The van der Waals surface area contributed by atoms with E-state index in [9.17, 15) is 0 Å². The lowest BCUT2D eigenvalue weighted by molar-refractivity contribution is -0.383. The normalized spacial score (nSPS) is 25.2. The maximum atomic E-state index is 5.78. The van der Waals surface area contributed by atoms with E-state index in [1.165, 1.54) is 0 Å². The average Bonchev–Trinajstić information content (AvgIpc) is 3.03. The molecule has 0 radical (unpaired) electrons. The van der Waals surface area contributed by atoms with Gasteiger partial charge in [-0.3, -0.25) is 0 Å². The highest BCUT2D eigenvalue weighted by atomic mass is 16.9. The number of anilines is 1. The maximum absolute atomic E-state index is 5.78. The molecule has 2 aliphatic rings. The van der Waals surface area contributed by atoms with E-state index in [0.717, 1.165) is 25.9 Å². The minimum atomic E-state index is -0.404. The quantitative estimate of drug-likeness (QED) is 0.845. The second kappa shape index (κ2) is 6.13. The fourth-order valence-electron chi connectivity index (χ4n) is 2.69. The minimum absolute atomic E-state index is 0.113. The first-order chi connectivity index (χ1) is 11.3. The molecular formula is C15H18N4O4. The summed E-state index contributed by atoms with van der Waals surface area (Å²) < 4.78 is 22.1. The van der Waals surface area contributed by atoms with Gasteiger partial charge in [0, 0.05) is 38.3 Å². The van der Waals surface area contributed by atoms with Crippen molar-refractivity contribution in [1.82, 2.24) is 15.0 Å². The van der Waals surface area contributed by atoms with Crippen molar-refractivity contribution in [2.75, 3.05) is 18.0 Å². The number of hydrogen-bond donors (Lipinski definition) is 0. The van der Waals surface area contributed by atoms with Crippen LogP contribution in [0.2, 0.25) is 0 Å². The summed E-state index contributed by atoms with van der Waals surface area (Å²) in [5.41, 5.74) is 0.675. The zero-order valence-corrected chi connectivity index (χ0v) is 12.8. The summed E-state index contributed by atoms with van der Waals surface area (Å²) >= 11 is 0. The molecule has 2 fully saturated rings. The molecule has 0 aromatic carbocycles. The fraction of sp³-hybridized carbons (Fsp3) is 0.533. The Morgan fingerprint density at radius 1 is 1.17 bits per heavy atom. The van der Waals surface area contributed by atoms with Crippen LogP contribution in [0.4, 0.5) is 6.01 Å². The van der Waals surface area contributed by atoms with Crippen LogP contribution in [0.5, 0.6) is 6.01 Å². The van der Waals surface area contributed by atoms with Crippen molar-refractivity contribution in [3.8, 4) is 6.01 Å². The molecule has 0 bridgehead atoms. The van der Waals surface area contributed by atoms with E-state index in [4.69, 9.17) is 18.6 Å². The number of oxazole rings is 1. The van der Waals surface area contributed by atoms with Crippen molar-refractivity contribution < 1.29 is 18.6 Å². The third-order valence-electron chi connectivity index (χ3n) is 3.91. The first-order valence-electron chi connectivity index (χ1n) is 7.73. The van der Waals surface area contributed by atoms with Gasteiger partial charge in [-0.1, -0.05) is 0 Å². The lowest BCUT2D eigenvalue weighted by Gasteiger charge is -2.32. The molecule has 0 saturated carbocycles. The van der Waals surface area contributed by atoms with Crippen molar-refractivity contribution in [3.63, 3.8) is 0 Å². The van der Waals surface area contributed by atoms with Gasteiger partial charge in [0.2, 0.25) is 6.29 Å². The molecule has 2 aliphatic heterocycles. The Bertz CT molecular complexity index is 636. The monoisotopic (exact) mass is 318 g/mol. The van der Waals surface area contributed by atoms with Gasteiger partial charge >= 0.3 is 6.01 Å². The number of ether oxygens (including phenoxy) is 3. The SMILES string of the molecule is CC1OC(c2coc(N3CCC(Oc4ncccn4)CC3)n2)O1. The second-order valence-electron chi connectivity index (χ2n) is 5.56. The summed E-state index contributed by atoms with van der Waals surface area (Å²) in [6.45, 7) is 3.46. The number of aromatic nitrogens is 3. The van der Waals surface area contributed by atoms with Crippen LogP contribution in [0.1, 0.15) is 31.7 Å². The zero-order chi connectivity index (χ0) is 15.6. The number of piperidine rings is 1. The zero-order valence-electron chi connectivity index (χ0n) is 12.8. The van der Waals surface area contributed by atoms with Gasteiger partial charge in [0.25, 0.3) is 6.01 Å². The minimum Gasteiger partial charge on any atom is -0.460 e. The van der Waals surface area contributed by atoms with Crippen LogP contribution in [-0.4, -0.2) is 40.4 Å². The molecule has 0 atom stereocenters. The van der Waals surface area contributed by atoms with E-state index in [1.807, 2.05) is 6.92 Å². The van der Waals surface area contributed by atoms with Crippen LogP contribution < -0.4 is 9.64 Å². The highest BCUT2D eigenvalue weighted by molar-refractivity contribution is 5.28. The average molecular weight is 318 g/mol. The molecule has 2 saturated heterocycles. The molecule has 2 aromatic rings. The molecule has 0 spiro atoms. The molecular weight excluding hydrogens is 300 g/mol. The smallest absolute Gasteiger partial charge is 0.316 e. The van der Waals surface area contributed by atoms with E-state index in [1.54, 1.807) is 24.7 Å². The molecule has 4 rings (SSSR count). The predicted molar refractivity (Wildman–Crippen MR) is 78.8 cm³/mol. The largest absolute Gasteiger partial charge is 0.460 e. The molecule has 23 heavy (non-hydrogen) atoms. The molecule has 4 heterocycles. The summed E-state index contributed by atoms with van der Waals surface area (Å²) in [5, 5.41) is 0. The lowest BCUT2D eigenvalue weighted by atomic mass is 10.1. The summed E-state index contributed by atoms with van der Waals surface area (Å²) in [4.78, 5) is 14.7. The first-order valence-corrected chi connectivity index (χ1v) is 7.73. The van der Waals surface area contributed by atoms with Crippen LogP contribution in [0, 0.1) is 0 Å². The van der Waals surface area contributed by atoms with E-state index in [0.29, 0.717) is 17.7 Å². The van der Waals surface area contributed by atoms with Gasteiger partial charge in [-0.05, 0) is 13.0 Å². The molecule has 122 valence electrons. The van der Waals surface area contributed by atoms with E-state index in [-0.39, 0.29) is 12.4 Å². The van der Waals surface area contributed by atoms with E-state index in [2.05, 4.69) is 19.9 Å². The summed E-state index contributed by atoms with van der Waals surface area (Å²) in [6, 6.07) is 2.80. The summed E-state index contributed by atoms with van der Waals surface area (Å²) in [6.07, 6.45) is 6.21. The van der Waals surface area contributed by atoms with Gasteiger partial charge in [0.05, 0.1) is 0 Å². The van der Waals surface area contributed by atoms with Crippen molar-refractivity contribution in [2.45, 2.75) is 38.4 Å². The predicted octanol–water partition coefficient (Wildman–Crippen LogP) is 1.90. The summed E-state index contributed by atoms with van der Waals surface area (Å²) in [7, 11) is 0. The number of rotatable bonds is 4. The van der Waals surface area contributed by atoms with Gasteiger partial charge in [-0.15, -0.1) is 0 Å². The third-order valence-corrected chi connectivity index (χ3v) is 3.91. The molecule has 8 heteroatoms. The van der Waals surface area contributed by atoms with E-state index < -0.39 is 6.29 Å². The van der Waals surface area contributed by atoms with Crippen LogP contribution >= 0.6 is 0 Å². The molecule has 0 aliphatic carbocycles. The van der Waals surface area contributed by atoms with Crippen LogP contribution in [0.25, 0.3) is 0 Å². The fourth-order valence-corrected chi connectivity index (χ4v) is 2.69. The van der Waals surface area contributed by atoms with Crippen molar-refractivity contribution in [2.24, 2.45) is 0 Å². The maximum Gasteiger partial charge on any atom is 0.316 e. The molecule has 0 unspecified atom stereocenters. The third kappa shape index (κ3) is 3.13. The highest BCUT2D eigenvalue weighted by Crippen LogP contribution is 2.32. The Hall–Kier alpha value is -2.19. The van der Waals surface area contributed by atoms with Crippen molar-refractivity contribution in [3.05, 3.63) is 30.4 Å². The lowest BCUT2D eigenvalue weighted by Crippen LogP contribution is -2.38. The topological polar surface area (TPSA) is 82.7 Å². The van der Waals surface area contributed by atoms with Crippen LogP contribution in [0.3, 0.4) is 0 Å². The highest BCUT2D eigenvalue weighted by Gasteiger charge is 2.32. The Morgan fingerprint density at radius 2 is 1.91 bits per heavy atom. The summed E-state index contributed by atoms with van der Waals surface area (Å²) in [5.74, 6) is 0. The van der Waals surface area contributed by atoms with Gasteiger partial charge in [-0.2, -0.15) is 4.98 Å². The van der Waals surface area contributed by atoms with Crippen LogP contribution in [-0.2, 0) is 9.47 Å². The van der Waals surface area contributed by atoms with Gasteiger partial charge in [0.15, 0.2) is 6.29 Å². The molecule has 2 aromatic heterocycles. The molecule has 8 nitrogen and oxygen atoms in total.